The van der Waals surface area contributed by atoms with Crippen LogP contribution in [0, 0.1) is 0 Å². The summed E-state index contributed by atoms with van der Waals surface area (Å²) in [5.74, 6) is 0.000880. The van der Waals surface area contributed by atoms with Crippen molar-refractivity contribution in [3.8, 4) is 0 Å². The van der Waals surface area contributed by atoms with Gasteiger partial charge < -0.3 is 5.73 Å². The van der Waals surface area contributed by atoms with Gasteiger partial charge in [-0.25, -0.2) is 0 Å². The van der Waals surface area contributed by atoms with Gasteiger partial charge in [-0.3, -0.25) is 4.79 Å². The van der Waals surface area contributed by atoms with Gasteiger partial charge in [0.1, 0.15) is 0 Å². The van der Waals surface area contributed by atoms with E-state index >= 15 is 0 Å². The zero-order valence-corrected chi connectivity index (χ0v) is 6.68. The van der Waals surface area contributed by atoms with Gasteiger partial charge in [-0.15, -0.1) is 0 Å². The molecule has 10 heavy (non-hydrogen) atoms. The number of nitrogens with two attached hydrogens (primary N) is 1. The first-order chi connectivity index (χ1) is 4.59. The smallest absolute Gasteiger partial charge is 0.156 e. The Morgan fingerprint density at radius 3 is 2.50 bits per heavy atom. The van der Waals surface area contributed by atoms with Crippen molar-refractivity contribution in [2.75, 3.05) is 0 Å². The summed E-state index contributed by atoms with van der Waals surface area (Å²) in [5.41, 5.74) is 6.15. The molecule has 0 aromatic carbocycles. The summed E-state index contributed by atoms with van der Waals surface area (Å²) in [6, 6.07) is -0.137. The lowest BCUT2D eigenvalue weighted by atomic mass is 10.0. The molecule has 0 rings (SSSR count). The van der Waals surface area contributed by atoms with Gasteiger partial charge in [0.15, 0.2) is 5.78 Å². The van der Waals surface area contributed by atoms with Gasteiger partial charge >= 0.3 is 0 Å². The van der Waals surface area contributed by atoms with E-state index in [0.29, 0.717) is 5.57 Å². The maximum absolute atomic E-state index is 10.7. The summed E-state index contributed by atoms with van der Waals surface area (Å²) in [4.78, 5) is 10.7. The van der Waals surface area contributed by atoms with Crippen LogP contribution in [0.2, 0.25) is 0 Å². The highest BCUT2D eigenvalue weighted by Crippen LogP contribution is 2.04. The molecule has 2 nitrogen and oxygen atoms in total. The number of Topliss-reactive ketones (excluding diaryl/α,β-unsaturated/α-hetero) is 1. The quantitative estimate of drug-likeness (QED) is 0.599. The van der Waals surface area contributed by atoms with E-state index in [9.17, 15) is 4.79 Å². The van der Waals surface area contributed by atoms with Gasteiger partial charge in [0, 0.05) is 11.6 Å². The van der Waals surface area contributed by atoms with E-state index in [0.717, 1.165) is 12.8 Å². The number of hydrogen-bond donors (Lipinski definition) is 1. The molecule has 0 amide bonds. The highest BCUT2D eigenvalue weighted by Gasteiger charge is 2.08. The minimum absolute atomic E-state index is 0.000880. The van der Waals surface area contributed by atoms with Gasteiger partial charge in [-0.2, -0.15) is 0 Å². The van der Waals surface area contributed by atoms with Crippen molar-refractivity contribution < 1.29 is 4.79 Å². The Bertz CT molecular complexity index is 140. The number of ketones is 1. The molecule has 0 aliphatic rings. The fourth-order valence-electron chi connectivity index (χ4n) is 0.746. The molecule has 0 fully saturated rings. The Morgan fingerprint density at radius 2 is 2.20 bits per heavy atom. The second kappa shape index (κ2) is 4.23. The molecule has 58 valence electrons. The fourth-order valence-corrected chi connectivity index (χ4v) is 0.746. The molecule has 0 aromatic rings. The SMILES string of the molecule is C=C(C(C)=O)C(N)CCC. The Labute approximate surface area is 62.1 Å². The molecular formula is C8H15NO. The highest BCUT2D eigenvalue weighted by molar-refractivity contribution is 5.93. The molecule has 0 heterocycles. The third-order valence-corrected chi connectivity index (χ3v) is 1.50. The largest absolute Gasteiger partial charge is 0.324 e. The maximum atomic E-state index is 10.7. The van der Waals surface area contributed by atoms with Crippen molar-refractivity contribution in [1.82, 2.24) is 0 Å². The first kappa shape index (κ1) is 9.37. The average molecular weight is 141 g/mol. The van der Waals surface area contributed by atoms with Gasteiger partial charge in [0.05, 0.1) is 0 Å². The molecule has 1 unspecified atom stereocenters. The van der Waals surface area contributed by atoms with Crippen LogP contribution in [0.5, 0.6) is 0 Å². The van der Waals surface area contributed by atoms with E-state index in [-0.39, 0.29) is 11.8 Å². The van der Waals surface area contributed by atoms with Crippen molar-refractivity contribution in [3.63, 3.8) is 0 Å². The van der Waals surface area contributed by atoms with Crippen LogP contribution in [0.3, 0.4) is 0 Å². The molecule has 0 saturated carbocycles. The lowest BCUT2D eigenvalue weighted by molar-refractivity contribution is -0.113. The number of hydrogen-bond acceptors (Lipinski definition) is 2. The highest BCUT2D eigenvalue weighted by atomic mass is 16.1. The van der Waals surface area contributed by atoms with E-state index in [4.69, 9.17) is 5.73 Å². The Kier molecular flexibility index (Phi) is 3.96. The normalized spacial score (nSPS) is 12.7. The molecule has 0 aliphatic heterocycles. The first-order valence-corrected chi connectivity index (χ1v) is 3.55. The van der Waals surface area contributed by atoms with Crippen LogP contribution in [0.25, 0.3) is 0 Å². The summed E-state index contributed by atoms with van der Waals surface area (Å²) in [5, 5.41) is 0. The van der Waals surface area contributed by atoms with Crippen molar-refractivity contribution in [2.24, 2.45) is 5.73 Å². The summed E-state index contributed by atoms with van der Waals surface area (Å²) < 4.78 is 0. The summed E-state index contributed by atoms with van der Waals surface area (Å²) >= 11 is 0. The predicted octanol–water partition coefficient (Wildman–Crippen LogP) is 1.26. The maximum Gasteiger partial charge on any atom is 0.156 e. The third kappa shape index (κ3) is 2.78. The van der Waals surface area contributed by atoms with Crippen LogP contribution in [0.1, 0.15) is 26.7 Å². The summed E-state index contributed by atoms with van der Waals surface area (Å²) in [6.45, 7) is 7.13. The Morgan fingerprint density at radius 1 is 1.70 bits per heavy atom. The zero-order valence-electron chi connectivity index (χ0n) is 6.68. The lowest BCUT2D eigenvalue weighted by Crippen LogP contribution is -2.25. The molecule has 0 bridgehead atoms. The van der Waals surface area contributed by atoms with E-state index in [2.05, 4.69) is 6.58 Å². The number of carbonyl (C=O) groups is 1. The molecule has 2 heteroatoms. The van der Waals surface area contributed by atoms with E-state index in [1.165, 1.54) is 6.92 Å². The molecule has 1 atom stereocenters. The van der Waals surface area contributed by atoms with Crippen molar-refractivity contribution in [3.05, 3.63) is 12.2 Å². The van der Waals surface area contributed by atoms with Crippen LogP contribution in [-0.4, -0.2) is 11.8 Å². The average Bonchev–Trinajstić information content (AvgIpc) is 1.87. The summed E-state index contributed by atoms with van der Waals surface area (Å²) in [6.07, 6.45) is 1.84. The van der Waals surface area contributed by atoms with Crippen LogP contribution in [0.4, 0.5) is 0 Å². The van der Waals surface area contributed by atoms with Gasteiger partial charge in [-0.05, 0) is 13.3 Å². The number of carbonyl (C=O) groups excluding carboxylic acids is 1. The topological polar surface area (TPSA) is 43.1 Å². The Hall–Kier alpha value is -0.630. The molecule has 0 aliphatic carbocycles. The van der Waals surface area contributed by atoms with Gasteiger partial charge in [0.2, 0.25) is 0 Å². The van der Waals surface area contributed by atoms with Crippen molar-refractivity contribution in [1.29, 1.82) is 0 Å². The standard InChI is InChI=1S/C8H15NO/c1-4-5-8(9)6(2)7(3)10/h8H,2,4-5,9H2,1,3H3. The van der Waals surface area contributed by atoms with Gasteiger partial charge in [0.25, 0.3) is 0 Å². The lowest BCUT2D eigenvalue weighted by Gasteiger charge is -2.09. The minimum Gasteiger partial charge on any atom is -0.324 e. The third-order valence-electron chi connectivity index (χ3n) is 1.50. The Balaban J connectivity index is 3.82. The monoisotopic (exact) mass is 141 g/mol. The molecule has 0 spiro atoms. The van der Waals surface area contributed by atoms with E-state index in [1.807, 2.05) is 6.92 Å². The molecular weight excluding hydrogens is 126 g/mol. The minimum atomic E-state index is -0.137. The molecule has 0 aromatic heterocycles. The van der Waals surface area contributed by atoms with Crippen molar-refractivity contribution >= 4 is 5.78 Å². The van der Waals surface area contributed by atoms with E-state index < -0.39 is 0 Å². The molecule has 0 saturated heterocycles. The predicted molar refractivity (Wildman–Crippen MR) is 42.7 cm³/mol. The number of rotatable bonds is 4. The second-order valence-corrected chi connectivity index (χ2v) is 2.48. The van der Waals surface area contributed by atoms with E-state index in [1.54, 1.807) is 0 Å². The van der Waals surface area contributed by atoms with Crippen LogP contribution >= 0.6 is 0 Å². The molecule has 0 radical (unpaired) electrons. The first-order valence-electron chi connectivity index (χ1n) is 3.55. The van der Waals surface area contributed by atoms with Crippen LogP contribution in [0.15, 0.2) is 12.2 Å². The van der Waals surface area contributed by atoms with Gasteiger partial charge in [-0.1, -0.05) is 19.9 Å². The second-order valence-electron chi connectivity index (χ2n) is 2.48. The molecule has 2 N–H and O–H groups in total. The zero-order chi connectivity index (χ0) is 8.15. The summed E-state index contributed by atoms with van der Waals surface area (Å²) in [7, 11) is 0. The fraction of sp³-hybridized carbons (Fsp3) is 0.625. The van der Waals surface area contributed by atoms with Crippen molar-refractivity contribution in [2.45, 2.75) is 32.7 Å². The van der Waals surface area contributed by atoms with Crippen LogP contribution < -0.4 is 5.73 Å². The van der Waals surface area contributed by atoms with Crippen LogP contribution in [-0.2, 0) is 4.79 Å².